The molecule has 3 aromatic carbocycles. The number of nitrogens with zero attached hydrogens (tertiary/aromatic N) is 4. The Morgan fingerprint density at radius 3 is 2.25 bits per heavy atom. The summed E-state index contributed by atoms with van der Waals surface area (Å²) in [4.78, 5) is 62.2. The van der Waals surface area contributed by atoms with Gasteiger partial charge in [0.05, 0.1) is 33.9 Å². The number of amides is 4. The molecule has 2 N–H and O–H groups in total. The number of rotatable bonds is 6. The minimum Gasteiger partial charge on any atom is -0.508 e. The molecule has 282 valence electrons. The Labute approximate surface area is 320 Å². The van der Waals surface area contributed by atoms with Crippen molar-refractivity contribution in [3.8, 4) is 5.75 Å². The number of pyridine rings is 1. The van der Waals surface area contributed by atoms with Crippen molar-refractivity contribution < 1.29 is 41.8 Å². The summed E-state index contributed by atoms with van der Waals surface area (Å²) in [6.45, 7) is 0. The van der Waals surface area contributed by atoms with Crippen LogP contribution in [-0.2, 0) is 30.8 Å². The first-order valence-corrected chi connectivity index (χ1v) is 17.9. The summed E-state index contributed by atoms with van der Waals surface area (Å²) in [5, 5.41) is 14.1. The maximum Gasteiger partial charge on any atom is 0.433 e. The number of phenols is 1. The predicted octanol–water partition coefficient (Wildman–Crippen LogP) is 7.29. The summed E-state index contributed by atoms with van der Waals surface area (Å²) < 4.78 is 54.8. The molecule has 1 aromatic heterocycles. The first kappa shape index (κ1) is 36.5. The molecule has 0 bridgehead atoms. The average Bonchev–Trinajstić information content (AvgIpc) is 3.53. The highest BCUT2D eigenvalue weighted by atomic mass is 35.5. The highest BCUT2D eigenvalue weighted by molar-refractivity contribution is 6.33. The average molecular weight is 795 g/mol. The van der Waals surface area contributed by atoms with E-state index in [9.17, 15) is 37.1 Å². The molecule has 1 saturated carbocycles. The number of carbonyl (C=O) groups is 4. The molecule has 0 unspecified atom stereocenters. The number of para-hydroxylation sites is 1. The lowest BCUT2D eigenvalue weighted by Gasteiger charge is -2.50. The van der Waals surface area contributed by atoms with Crippen LogP contribution < -0.4 is 10.4 Å². The Kier molecular flexibility index (Phi) is 8.69. The van der Waals surface area contributed by atoms with Crippen molar-refractivity contribution in [2.45, 2.75) is 30.4 Å². The van der Waals surface area contributed by atoms with Gasteiger partial charge >= 0.3 is 6.18 Å². The minimum absolute atomic E-state index is 0.000303. The van der Waals surface area contributed by atoms with E-state index in [0.29, 0.717) is 22.2 Å². The monoisotopic (exact) mass is 793 g/mol. The SMILES string of the molecule is CN(c1nc(C(F)(F)F)ccc1Cl)N1C(=O)[C@H]2[C@H](CC=C3[C@H]2C[C@H]2C(=O)N(Nc4ccc(F)cc4)C(=O)[C@@]2(c2ccc(Cl)cc2)[C@H]3c2ccccc2O)C1=O. The maximum absolute atomic E-state index is 15.2. The summed E-state index contributed by atoms with van der Waals surface area (Å²) in [6, 6.07) is 19.5. The quantitative estimate of drug-likeness (QED) is 0.119. The number of anilines is 2. The van der Waals surface area contributed by atoms with E-state index in [0.717, 1.165) is 33.2 Å². The molecule has 2 aliphatic heterocycles. The standard InChI is InChI=1S/C39H29Cl2F4N5O5/c1-48(33-28(41)16-17-30(46-33)39(43,44)45)50-34(52)25-15-14-23-26(31(25)36(50)54)18-27-35(53)49(47-22-12-10-21(42)11-13-22)37(55)38(27,19-6-8-20(40)9-7-19)32(23)24-4-2-3-5-29(24)51/h2-14,16-17,25-27,31-32,47,51H,15,18H2,1H3/t25-,26+,27-,31-,32+,38+/m0/s1. The van der Waals surface area contributed by atoms with E-state index in [1.54, 1.807) is 48.5 Å². The Morgan fingerprint density at radius 1 is 0.891 bits per heavy atom. The summed E-state index contributed by atoms with van der Waals surface area (Å²) in [7, 11) is 1.21. The zero-order valence-corrected chi connectivity index (χ0v) is 30.1. The van der Waals surface area contributed by atoms with Gasteiger partial charge in [0, 0.05) is 23.6 Å². The van der Waals surface area contributed by atoms with Crippen LogP contribution in [0.3, 0.4) is 0 Å². The van der Waals surface area contributed by atoms with Gasteiger partial charge in [-0.3, -0.25) is 29.6 Å². The Bertz CT molecular complexity index is 2310. The molecular weight excluding hydrogens is 765 g/mol. The second-order valence-electron chi connectivity index (χ2n) is 13.9. The molecule has 10 nitrogen and oxygen atoms in total. The van der Waals surface area contributed by atoms with Gasteiger partial charge < -0.3 is 5.11 Å². The van der Waals surface area contributed by atoms with Crippen molar-refractivity contribution in [1.29, 1.82) is 0 Å². The van der Waals surface area contributed by atoms with E-state index >= 15 is 4.79 Å². The largest absolute Gasteiger partial charge is 0.508 e. The number of hydrogen-bond acceptors (Lipinski definition) is 8. The number of hydrogen-bond donors (Lipinski definition) is 2. The second kappa shape index (κ2) is 13.1. The Morgan fingerprint density at radius 2 is 1.58 bits per heavy atom. The van der Waals surface area contributed by atoms with Gasteiger partial charge in [0.15, 0.2) is 5.82 Å². The van der Waals surface area contributed by atoms with Crippen LogP contribution in [0.5, 0.6) is 5.75 Å². The van der Waals surface area contributed by atoms with Gasteiger partial charge in [0.2, 0.25) is 0 Å². The van der Waals surface area contributed by atoms with Crippen LogP contribution in [0.2, 0.25) is 10.0 Å². The van der Waals surface area contributed by atoms with E-state index in [-0.39, 0.29) is 34.9 Å². The molecule has 8 rings (SSSR count). The molecule has 0 radical (unpaired) electrons. The minimum atomic E-state index is -4.84. The lowest BCUT2D eigenvalue weighted by molar-refractivity contribution is -0.142. The molecule has 6 atom stereocenters. The van der Waals surface area contributed by atoms with E-state index in [1.165, 1.54) is 25.2 Å². The van der Waals surface area contributed by atoms with Crippen molar-refractivity contribution in [3.63, 3.8) is 0 Å². The van der Waals surface area contributed by atoms with Gasteiger partial charge in [-0.05, 0) is 78.9 Å². The number of alkyl halides is 3. The zero-order valence-electron chi connectivity index (χ0n) is 28.6. The summed E-state index contributed by atoms with van der Waals surface area (Å²) in [5.41, 5.74) is 1.29. The van der Waals surface area contributed by atoms with Crippen molar-refractivity contribution in [1.82, 2.24) is 15.0 Å². The third-order valence-electron chi connectivity index (χ3n) is 11.2. The Hall–Kier alpha value is -5.47. The third-order valence-corrected chi connectivity index (χ3v) is 11.8. The van der Waals surface area contributed by atoms with Gasteiger partial charge in [-0.25, -0.2) is 9.37 Å². The molecule has 2 aliphatic carbocycles. The number of phenolic OH excluding ortho intramolecular Hbond substituents is 1. The maximum atomic E-state index is 15.2. The van der Waals surface area contributed by atoms with Gasteiger partial charge in [0.1, 0.15) is 17.3 Å². The van der Waals surface area contributed by atoms with Gasteiger partial charge in [-0.2, -0.15) is 23.2 Å². The van der Waals surface area contributed by atoms with Crippen LogP contribution in [0.25, 0.3) is 0 Å². The fourth-order valence-corrected chi connectivity index (χ4v) is 9.27. The van der Waals surface area contributed by atoms with Crippen molar-refractivity contribution >= 4 is 58.3 Å². The smallest absolute Gasteiger partial charge is 0.433 e. The fraction of sp³-hybridized carbons (Fsp3) is 0.256. The molecule has 3 fully saturated rings. The third kappa shape index (κ3) is 5.55. The summed E-state index contributed by atoms with van der Waals surface area (Å²) in [6.07, 6.45) is -3.19. The molecule has 55 heavy (non-hydrogen) atoms. The molecule has 3 heterocycles. The number of aromatic hydroxyl groups is 1. The number of imide groups is 2. The van der Waals surface area contributed by atoms with Crippen LogP contribution in [0.15, 0.2) is 96.6 Å². The number of nitrogens with one attached hydrogen (secondary N) is 1. The number of hydrazine groups is 2. The van der Waals surface area contributed by atoms with E-state index in [1.807, 2.05) is 0 Å². The summed E-state index contributed by atoms with van der Waals surface area (Å²) >= 11 is 12.6. The number of halogens is 6. The predicted molar refractivity (Wildman–Crippen MR) is 192 cm³/mol. The normalized spacial score (nSPS) is 26.1. The lowest BCUT2D eigenvalue weighted by Crippen LogP contribution is -2.53. The number of benzene rings is 3. The number of allylic oxidation sites excluding steroid dienone is 2. The zero-order chi connectivity index (χ0) is 39.1. The van der Waals surface area contributed by atoms with E-state index in [2.05, 4.69) is 10.4 Å². The molecule has 2 saturated heterocycles. The molecule has 4 aliphatic rings. The molecular formula is C39H29Cl2F4N5O5. The van der Waals surface area contributed by atoms with Crippen LogP contribution in [0, 0.1) is 29.5 Å². The van der Waals surface area contributed by atoms with Crippen LogP contribution in [-0.4, -0.2) is 50.8 Å². The van der Waals surface area contributed by atoms with Gasteiger partial charge in [-0.1, -0.05) is 65.2 Å². The van der Waals surface area contributed by atoms with Crippen molar-refractivity contribution in [3.05, 3.63) is 129 Å². The van der Waals surface area contributed by atoms with Gasteiger partial charge in [0.25, 0.3) is 23.6 Å². The molecule has 0 spiro atoms. The molecule has 16 heteroatoms. The Balaban J connectivity index is 1.27. The first-order valence-electron chi connectivity index (χ1n) is 17.1. The number of carbonyl (C=O) groups excluding carboxylic acids is 4. The highest BCUT2D eigenvalue weighted by Gasteiger charge is 2.71. The van der Waals surface area contributed by atoms with Crippen LogP contribution >= 0.6 is 23.2 Å². The van der Waals surface area contributed by atoms with Crippen LogP contribution in [0.4, 0.5) is 29.1 Å². The number of fused-ring (bicyclic) bond motifs is 4. The first-order chi connectivity index (χ1) is 26.1. The van der Waals surface area contributed by atoms with Crippen LogP contribution in [0.1, 0.15) is 35.6 Å². The van der Waals surface area contributed by atoms with E-state index in [4.69, 9.17) is 23.2 Å². The van der Waals surface area contributed by atoms with Crippen molar-refractivity contribution in [2.75, 3.05) is 17.5 Å². The van der Waals surface area contributed by atoms with E-state index < -0.39 is 82.1 Å². The second-order valence-corrected chi connectivity index (χ2v) is 14.8. The highest BCUT2D eigenvalue weighted by Crippen LogP contribution is 2.65. The lowest BCUT2D eigenvalue weighted by atomic mass is 9.49. The van der Waals surface area contributed by atoms with Crippen molar-refractivity contribution in [2.24, 2.45) is 23.7 Å². The van der Waals surface area contributed by atoms with Gasteiger partial charge in [-0.15, -0.1) is 0 Å². The number of aromatic nitrogens is 1. The summed E-state index contributed by atoms with van der Waals surface area (Å²) in [5.74, 6) is -9.20. The fourth-order valence-electron chi connectivity index (χ4n) is 8.92. The molecule has 4 aromatic rings. The topological polar surface area (TPSA) is 123 Å². The molecule has 4 amide bonds.